The summed E-state index contributed by atoms with van der Waals surface area (Å²) in [6, 6.07) is 0.418. The second-order valence-electron chi connectivity index (χ2n) is 2.69. The van der Waals surface area contributed by atoms with Gasteiger partial charge in [0.25, 0.3) is 0 Å². The molecule has 0 aliphatic carbocycles. The highest BCUT2D eigenvalue weighted by molar-refractivity contribution is 6.31. The number of halogens is 6. The molecule has 0 saturated carbocycles. The highest BCUT2D eigenvalue weighted by atomic mass is 35.5. The van der Waals surface area contributed by atoms with Crippen LogP contribution < -0.4 is 5.73 Å². The average molecular weight is 264 g/mol. The Morgan fingerprint density at radius 2 is 1.80 bits per heavy atom. The molecule has 7 heteroatoms. The summed E-state index contributed by atoms with van der Waals surface area (Å²) in [5.41, 5.74) is 4.56. The fourth-order valence-electron chi connectivity index (χ4n) is 0.930. The van der Waals surface area contributed by atoms with Crippen molar-refractivity contribution in [3.63, 3.8) is 0 Å². The van der Waals surface area contributed by atoms with Crippen molar-refractivity contribution in [2.45, 2.75) is 12.2 Å². The highest BCUT2D eigenvalue weighted by Gasteiger charge is 2.38. The van der Waals surface area contributed by atoms with Crippen LogP contribution in [0.25, 0.3) is 0 Å². The SMILES string of the molecule is Cl.N[C@H](c1ccc(F)cc1Cl)C(F)(F)F. The molecule has 1 rings (SSSR count). The summed E-state index contributed by atoms with van der Waals surface area (Å²) in [4.78, 5) is 0. The Bertz CT molecular complexity index is 340. The topological polar surface area (TPSA) is 26.0 Å². The molecule has 0 aliphatic heterocycles. The quantitative estimate of drug-likeness (QED) is 0.772. The molecule has 0 amide bonds. The molecule has 2 N–H and O–H groups in total. The van der Waals surface area contributed by atoms with Gasteiger partial charge in [0, 0.05) is 5.02 Å². The summed E-state index contributed by atoms with van der Waals surface area (Å²) in [6.45, 7) is 0. The Balaban J connectivity index is 0.00000196. The lowest BCUT2D eigenvalue weighted by Crippen LogP contribution is -2.28. The van der Waals surface area contributed by atoms with Gasteiger partial charge in [0.15, 0.2) is 0 Å². The number of benzene rings is 1. The first-order chi connectivity index (χ1) is 6.32. The number of rotatable bonds is 1. The zero-order chi connectivity index (χ0) is 10.9. The van der Waals surface area contributed by atoms with Crippen molar-refractivity contribution < 1.29 is 17.6 Å². The molecule has 0 saturated heterocycles. The molecule has 0 spiro atoms. The molecular weight excluding hydrogens is 257 g/mol. The van der Waals surface area contributed by atoms with E-state index in [1.54, 1.807) is 0 Å². The molecule has 1 atom stereocenters. The molecule has 0 heterocycles. The standard InChI is InChI=1S/C8H6ClF4N.ClH/c9-6-3-4(10)1-2-5(6)7(14)8(11,12)13;/h1-3,7H,14H2;1H/t7-;/m1./s1. The van der Waals surface area contributed by atoms with Crippen LogP contribution in [0.4, 0.5) is 17.6 Å². The van der Waals surface area contributed by atoms with Crippen LogP contribution in [0.3, 0.4) is 0 Å². The van der Waals surface area contributed by atoms with Crippen LogP contribution in [0.2, 0.25) is 5.02 Å². The molecule has 0 unspecified atom stereocenters. The maximum Gasteiger partial charge on any atom is 0.407 e. The maximum absolute atomic E-state index is 12.5. The third-order valence-electron chi connectivity index (χ3n) is 1.65. The summed E-state index contributed by atoms with van der Waals surface area (Å²) in [7, 11) is 0. The molecule has 0 radical (unpaired) electrons. The normalized spacial score (nSPS) is 13.2. The largest absolute Gasteiger partial charge is 0.407 e. The van der Waals surface area contributed by atoms with Gasteiger partial charge in [0.05, 0.1) is 0 Å². The van der Waals surface area contributed by atoms with Crippen molar-refractivity contribution in [3.8, 4) is 0 Å². The van der Waals surface area contributed by atoms with Gasteiger partial charge in [-0.2, -0.15) is 13.2 Å². The van der Waals surface area contributed by atoms with Crippen molar-refractivity contribution >= 4 is 24.0 Å². The molecular formula is C8H7Cl2F4N. The lowest BCUT2D eigenvalue weighted by atomic mass is 10.1. The van der Waals surface area contributed by atoms with Crippen LogP contribution in [0.5, 0.6) is 0 Å². The molecule has 0 aliphatic rings. The van der Waals surface area contributed by atoms with E-state index in [0.717, 1.165) is 18.2 Å². The van der Waals surface area contributed by atoms with Crippen LogP contribution in [-0.4, -0.2) is 6.18 Å². The second kappa shape index (κ2) is 5.01. The average Bonchev–Trinajstić information content (AvgIpc) is 2.01. The van der Waals surface area contributed by atoms with E-state index in [0.29, 0.717) is 0 Å². The van der Waals surface area contributed by atoms with Crippen LogP contribution >= 0.6 is 24.0 Å². The summed E-state index contributed by atoms with van der Waals surface area (Å²) < 4.78 is 48.9. The Labute approximate surface area is 94.6 Å². The van der Waals surface area contributed by atoms with Gasteiger partial charge >= 0.3 is 6.18 Å². The van der Waals surface area contributed by atoms with Gasteiger partial charge in [-0.25, -0.2) is 4.39 Å². The first-order valence-corrected chi connectivity index (χ1v) is 3.97. The fraction of sp³-hybridized carbons (Fsp3) is 0.250. The molecule has 1 nitrogen and oxygen atoms in total. The molecule has 0 aromatic heterocycles. The van der Waals surface area contributed by atoms with Crippen LogP contribution in [0, 0.1) is 5.82 Å². The monoisotopic (exact) mass is 263 g/mol. The lowest BCUT2D eigenvalue weighted by molar-refractivity contribution is -0.149. The summed E-state index contributed by atoms with van der Waals surface area (Å²) in [5.74, 6) is -0.701. The Kier molecular flexibility index (Phi) is 4.83. The third kappa shape index (κ3) is 3.52. The van der Waals surface area contributed by atoms with Gasteiger partial charge in [-0.05, 0) is 17.7 Å². The van der Waals surface area contributed by atoms with Crippen LogP contribution in [-0.2, 0) is 0 Å². The minimum Gasteiger partial charge on any atom is -0.316 e. The lowest BCUT2D eigenvalue weighted by Gasteiger charge is -2.16. The van der Waals surface area contributed by atoms with Crippen molar-refractivity contribution in [2.75, 3.05) is 0 Å². The molecule has 15 heavy (non-hydrogen) atoms. The van der Waals surface area contributed by atoms with Gasteiger partial charge in [-0.15, -0.1) is 12.4 Å². The summed E-state index contributed by atoms with van der Waals surface area (Å²) in [6.07, 6.45) is -4.58. The van der Waals surface area contributed by atoms with Crippen LogP contribution in [0.1, 0.15) is 11.6 Å². The molecule has 0 fully saturated rings. The predicted molar refractivity (Wildman–Crippen MR) is 51.6 cm³/mol. The summed E-state index contributed by atoms with van der Waals surface area (Å²) >= 11 is 5.41. The number of hydrogen-bond donors (Lipinski definition) is 1. The van der Waals surface area contributed by atoms with E-state index in [1.807, 2.05) is 0 Å². The van der Waals surface area contributed by atoms with Crippen molar-refractivity contribution in [1.29, 1.82) is 0 Å². The number of nitrogens with two attached hydrogens (primary N) is 1. The Morgan fingerprint density at radius 3 is 2.20 bits per heavy atom. The van der Waals surface area contributed by atoms with Gasteiger partial charge < -0.3 is 5.73 Å². The van der Waals surface area contributed by atoms with Gasteiger partial charge in [-0.3, -0.25) is 0 Å². The molecule has 1 aromatic carbocycles. The van der Waals surface area contributed by atoms with Crippen molar-refractivity contribution in [3.05, 3.63) is 34.6 Å². The van der Waals surface area contributed by atoms with E-state index in [1.165, 1.54) is 0 Å². The van der Waals surface area contributed by atoms with E-state index in [4.69, 9.17) is 17.3 Å². The zero-order valence-electron chi connectivity index (χ0n) is 7.18. The van der Waals surface area contributed by atoms with E-state index in [9.17, 15) is 17.6 Å². The van der Waals surface area contributed by atoms with Gasteiger partial charge in [0.1, 0.15) is 11.9 Å². The molecule has 0 bridgehead atoms. The molecule has 86 valence electrons. The first-order valence-electron chi connectivity index (χ1n) is 3.59. The second-order valence-corrected chi connectivity index (χ2v) is 3.09. The number of alkyl halides is 3. The minimum absolute atomic E-state index is 0. The predicted octanol–water partition coefficient (Wildman–Crippen LogP) is 3.46. The van der Waals surface area contributed by atoms with Gasteiger partial charge in [-0.1, -0.05) is 17.7 Å². The number of hydrogen-bond acceptors (Lipinski definition) is 1. The minimum atomic E-state index is -4.58. The van der Waals surface area contributed by atoms with E-state index in [-0.39, 0.29) is 23.0 Å². The van der Waals surface area contributed by atoms with Gasteiger partial charge in [0.2, 0.25) is 0 Å². The fourth-order valence-corrected chi connectivity index (χ4v) is 1.21. The maximum atomic E-state index is 12.5. The zero-order valence-corrected chi connectivity index (χ0v) is 8.76. The van der Waals surface area contributed by atoms with Crippen molar-refractivity contribution in [2.24, 2.45) is 5.73 Å². The third-order valence-corrected chi connectivity index (χ3v) is 1.98. The van der Waals surface area contributed by atoms with E-state index < -0.39 is 18.0 Å². The van der Waals surface area contributed by atoms with Crippen molar-refractivity contribution in [1.82, 2.24) is 0 Å². The van der Waals surface area contributed by atoms with E-state index >= 15 is 0 Å². The summed E-state index contributed by atoms with van der Waals surface area (Å²) in [5, 5.41) is -0.324. The Hall–Kier alpha value is -0.520. The van der Waals surface area contributed by atoms with E-state index in [2.05, 4.69) is 0 Å². The van der Waals surface area contributed by atoms with Crippen LogP contribution in [0.15, 0.2) is 18.2 Å². The smallest absolute Gasteiger partial charge is 0.316 e. The first kappa shape index (κ1) is 14.5. The molecule has 1 aromatic rings. The highest BCUT2D eigenvalue weighted by Crippen LogP contribution is 2.34. The Morgan fingerprint density at radius 1 is 1.27 bits per heavy atom.